The number of aliphatic hydroxyl groups is 1. The van der Waals surface area contributed by atoms with Gasteiger partial charge >= 0.3 is 0 Å². The minimum Gasteiger partial charge on any atom is -0.365 e. The summed E-state index contributed by atoms with van der Waals surface area (Å²) in [5.41, 5.74) is 0. The van der Waals surface area contributed by atoms with Crippen LogP contribution in [0.4, 0.5) is 0 Å². The molecule has 1 N–H and O–H groups in total. The molecular formula is C43H80O8S2. The van der Waals surface area contributed by atoms with Gasteiger partial charge in [-0.05, 0) is 77.0 Å². The summed E-state index contributed by atoms with van der Waals surface area (Å²) in [5, 5.41) is 11.7. The van der Waals surface area contributed by atoms with E-state index < -0.39 is 32.1 Å². The lowest BCUT2D eigenvalue weighted by Gasteiger charge is -2.33. The van der Waals surface area contributed by atoms with Crippen molar-refractivity contribution in [2.45, 2.75) is 199 Å². The van der Waals surface area contributed by atoms with Crippen molar-refractivity contribution in [2.24, 2.45) is 0 Å². The molecule has 0 fully saturated rings. The van der Waals surface area contributed by atoms with E-state index in [4.69, 9.17) is 13.1 Å². The largest absolute Gasteiger partial charge is 0.365 e. The van der Waals surface area contributed by atoms with Crippen molar-refractivity contribution in [3.05, 3.63) is 48.6 Å². The lowest BCUT2D eigenvalue weighted by Crippen LogP contribution is -2.39. The summed E-state index contributed by atoms with van der Waals surface area (Å²) in [6.07, 6.45) is 47.1. The van der Waals surface area contributed by atoms with Crippen LogP contribution in [0.15, 0.2) is 48.6 Å². The van der Waals surface area contributed by atoms with Crippen LogP contribution < -0.4 is 0 Å². The number of hydrogen-bond donors (Lipinski definition) is 1. The Morgan fingerprint density at radius 3 is 1.25 bits per heavy atom. The zero-order valence-electron chi connectivity index (χ0n) is 34.3. The van der Waals surface area contributed by atoms with Gasteiger partial charge in [-0.2, -0.15) is 16.8 Å². The van der Waals surface area contributed by atoms with Crippen molar-refractivity contribution >= 4 is 20.2 Å². The maximum atomic E-state index is 11.7. The van der Waals surface area contributed by atoms with Gasteiger partial charge in [0.1, 0.15) is 0 Å². The van der Waals surface area contributed by atoms with E-state index in [1.54, 1.807) is 0 Å². The van der Waals surface area contributed by atoms with Crippen molar-refractivity contribution < 1.29 is 35.0 Å². The van der Waals surface area contributed by atoms with Crippen LogP contribution in [0.25, 0.3) is 0 Å². The van der Waals surface area contributed by atoms with Gasteiger partial charge in [-0.25, -0.2) is 0 Å². The molecule has 312 valence electrons. The molecule has 0 saturated heterocycles. The van der Waals surface area contributed by atoms with Gasteiger partial charge in [0.05, 0.1) is 31.8 Å². The van der Waals surface area contributed by atoms with Crippen LogP contribution >= 0.6 is 0 Å². The minimum atomic E-state index is -3.75. The highest BCUT2D eigenvalue weighted by Gasteiger charge is 2.31. The smallest absolute Gasteiger partial charge is 0.264 e. The Bertz CT molecular complexity index is 1110. The van der Waals surface area contributed by atoms with E-state index in [1.807, 2.05) is 0 Å². The summed E-state index contributed by atoms with van der Waals surface area (Å²) in [6, 6.07) is 0. The summed E-state index contributed by atoms with van der Waals surface area (Å²) < 4.78 is 62.5. The fourth-order valence-corrected chi connectivity index (χ4v) is 6.84. The van der Waals surface area contributed by atoms with Crippen molar-refractivity contribution in [1.29, 1.82) is 0 Å². The van der Waals surface area contributed by atoms with Crippen molar-refractivity contribution in [3.8, 4) is 0 Å². The first kappa shape index (κ1) is 51.7. The average molecular weight is 789 g/mol. The molecule has 0 rings (SSSR count). The van der Waals surface area contributed by atoms with Crippen LogP contribution in [0, 0.1) is 0 Å². The Morgan fingerprint density at radius 1 is 0.509 bits per heavy atom. The van der Waals surface area contributed by atoms with Gasteiger partial charge in [-0.15, -0.1) is 0 Å². The first-order valence-corrected chi connectivity index (χ1v) is 24.7. The molecule has 0 aliphatic rings. The summed E-state index contributed by atoms with van der Waals surface area (Å²) >= 11 is 0. The van der Waals surface area contributed by atoms with Crippen LogP contribution in [0.5, 0.6) is 0 Å². The molecule has 0 aliphatic heterocycles. The molecule has 0 aromatic carbocycles. The van der Waals surface area contributed by atoms with E-state index in [9.17, 15) is 21.9 Å². The van der Waals surface area contributed by atoms with E-state index in [1.165, 1.54) is 77.0 Å². The topological polar surface area (TPSA) is 116 Å². The number of hydrogen-bond acceptors (Lipinski definition) is 8. The summed E-state index contributed by atoms with van der Waals surface area (Å²) in [5.74, 6) is -1.46. The van der Waals surface area contributed by atoms with Gasteiger partial charge in [0.25, 0.3) is 20.2 Å². The molecule has 53 heavy (non-hydrogen) atoms. The van der Waals surface area contributed by atoms with Crippen LogP contribution in [0.1, 0.15) is 187 Å². The van der Waals surface area contributed by atoms with Crippen molar-refractivity contribution in [3.63, 3.8) is 0 Å². The zero-order chi connectivity index (χ0) is 39.4. The van der Waals surface area contributed by atoms with Crippen LogP contribution in [-0.2, 0) is 33.3 Å². The molecule has 1 atom stereocenters. The maximum Gasteiger partial charge on any atom is 0.264 e. The third-order valence-corrected chi connectivity index (χ3v) is 10.3. The Balaban J connectivity index is 4.73. The molecular weight excluding hydrogens is 709 g/mol. The van der Waals surface area contributed by atoms with E-state index in [-0.39, 0.29) is 19.6 Å². The third kappa shape index (κ3) is 40.2. The standard InChI is InChI=1S/C43H80O8S2/c1-5-7-9-11-13-15-17-19-21-23-25-27-29-31-33-35-38-43(44,51-42(41-50-53(4,47)48)37-40-49-52(3,45)46)39-36-34-32-30-28-26-24-22-20-18-16-14-12-10-8-6-2/h13-16,19-22,42,44H,5-12,17-18,23-41H2,1-4H3. The minimum absolute atomic E-state index is 0.0677. The predicted molar refractivity (Wildman–Crippen MR) is 224 cm³/mol. The van der Waals surface area contributed by atoms with E-state index in [0.717, 1.165) is 89.6 Å². The Morgan fingerprint density at radius 2 is 0.868 bits per heavy atom. The molecule has 0 aliphatic carbocycles. The molecule has 0 amide bonds. The van der Waals surface area contributed by atoms with Gasteiger partial charge in [0, 0.05) is 19.3 Å². The SMILES string of the molecule is CCCCCC=CCC=CCCCCCCCCC(O)(CCCCCCCCC=CCC=CCCCCC)OC(CCOS(C)(=O)=O)COS(C)(=O)=O. The molecule has 8 nitrogen and oxygen atoms in total. The summed E-state index contributed by atoms with van der Waals surface area (Å²) in [7, 11) is -7.43. The normalized spacial score (nSPS) is 14.7. The van der Waals surface area contributed by atoms with E-state index in [2.05, 4.69) is 62.5 Å². The molecule has 10 heteroatoms. The maximum absolute atomic E-state index is 11.7. The zero-order valence-corrected chi connectivity index (χ0v) is 36.0. The second-order valence-corrected chi connectivity index (χ2v) is 17.9. The van der Waals surface area contributed by atoms with Crippen LogP contribution in [-0.4, -0.2) is 59.6 Å². The Kier molecular flexibility index (Phi) is 34.3. The predicted octanol–water partition coefficient (Wildman–Crippen LogP) is 11.8. The number of rotatable bonds is 39. The highest BCUT2D eigenvalue weighted by Crippen LogP contribution is 2.28. The fourth-order valence-electron chi connectivity index (χ4n) is 6.04. The van der Waals surface area contributed by atoms with E-state index in [0.29, 0.717) is 12.8 Å². The summed E-state index contributed by atoms with van der Waals surface area (Å²) in [6.45, 7) is 3.95. The molecule has 0 bridgehead atoms. The third-order valence-electron chi connectivity index (χ3n) is 9.13. The van der Waals surface area contributed by atoms with E-state index >= 15 is 0 Å². The number of allylic oxidation sites excluding steroid dienone is 8. The summed E-state index contributed by atoms with van der Waals surface area (Å²) in [4.78, 5) is 0. The second-order valence-electron chi connectivity index (χ2n) is 14.7. The van der Waals surface area contributed by atoms with Gasteiger partial charge in [-0.1, -0.05) is 140 Å². The van der Waals surface area contributed by atoms with Crippen LogP contribution in [0.3, 0.4) is 0 Å². The number of unbranched alkanes of at least 4 members (excludes halogenated alkanes) is 18. The van der Waals surface area contributed by atoms with Gasteiger partial charge < -0.3 is 9.84 Å². The Hall–Kier alpha value is -1.30. The van der Waals surface area contributed by atoms with Gasteiger partial charge in [-0.3, -0.25) is 8.37 Å². The fraction of sp³-hybridized carbons (Fsp3) is 0.814. The van der Waals surface area contributed by atoms with Crippen LogP contribution in [0.2, 0.25) is 0 Å². The molecule has 0 spiro atoms. The molecule has 0 aromatic heterocycles. The van der Waals surface area contributed by atoms with Crippen molar-refractivity contribution in [1.82, 2.24) is 0 Å². The van der Waals surface area contributed by atoms with Gasteiger partial charge in [0.15, 0.2) is 5.79 Å². The lowest BCUT2D eigenvalue weighted by atomic mass is 9.98. The van der Waals surface area contributed by atoms with Crippen molar-refractivity contribution in [2.75, 3.05) is 25.7 Å². The first-order valence-electron chi connectivity index (χ1n) is 21.1. The molecule has 0 radical (unpaired) electrons. The molecule has 0 saturated carbocycles. The average Bonchev–Trinajstić information content (AvgIpc) is 3.09. The quantitative estimate of drug-likeness (QED) is 0.0283. The first-order chi connectivity index (χ1) is 25.4. The highest BCUT2D eigenvalue weighted by molar-refractivity contribution is 7.86. The molecule has 1 unspecified atom stereocenters. The lowest BCUT2D eigenvalue weighted by molar-refractivity contribution is -0.244. The monoisotopic (exact) mass is 789 g/mol. The Labute approximate surface area is 327 Å². The van der Waals surface area contributed by atoms with Gasteiger partial charge in [0.2, 0.25) is 0 Å². The molecule has 0 heterocycles. The highest BCUT2D eigenvalue weighted by atomic mass is 32.2. The molecule has 0 aromatic rings. The second kappa shape index (κ2) is 35.1. The number of ether oxygens (including phenoxy) is 1.